The van der Waals surface area contributed by atoms with E-state index in [1.807, 2.05) is 48.5 Å². The van der Waals surface area contributed by atoms with E-state index in [1.165, 1.54) is 13.2 Å². The molecule has 1 aliphatic rings. The number of carboxylic acid groups (broad SMARTS) is 1. The van der Waals surface area contributed by atoms with Crippen LogP contribution in [0.3, 0.4) is 0 Å². The molecule has 3 aromatic carbocycles. The predicted octanol–water partition coefficient (Wildman–Crippen LogP) is 5.01. The number of benzene rings is 3. The number of methoxy groups -OCH3 is 1. The van der Waals surface area contributed by atoms with Gasteiger partial charge in [-0.05, 0) is 34.4 Å². The molecule has 6 nitrogen and oxygen atoms in total. The maximum absolute atomic E-state index is 12.5. The summed E-state index contributed by atoms with van der Waals surface area (Å²) in [7, 11) is 1.40. The Labute approximate surface area is 184 Å². The molecule has 1 aliphatic carbocycles. The summed E-state index contributed by atoms with van der Waals surface area (Å²) in [4.78, 5) is 24.4. The van der Waals surface area contributed by atoms with Gasteiger partial charge in [0, 0.05) is 11.5 Å². The lowest BCUT2D eigenvalue weighted by Crippen LogP contribution is -2.35. The van der Waals surface area contributed by atoms with Crippen LogP contribution in [0.15, 0.2) is 66.7 Å². The lowest BCUT2D eigenvalue weighted by Gasteiger charge is -2.20. The van der Waals surface area contributed by atoms with Crippen molar-refractivity contribution in [1.82, 2.24) is 5.32 Å². The van der Waals surface area contributed by atoms with Gasteiger partial charge in [0.2, 0.25) is 0 Å². The monoisotopic (exact) mass is 437 g/mol. The quantitative estimate of drug-likeness (QED) is 0.566. The van der Waals surface area contributed by atoms with Crippen LogP contribution in [0.1, 0.15) is 28.7 Å². The molecule has 0 aliphatic heterocycles. The Kier molecular flexibility index (Phi) is 5.82. The lowest BCUT2D eigenvalue weighted by atomic mass is 9.98. The molecule has 0 bridgehead atoms. The Balaban J connectivity index is 1.52. The molecule has 1 atom stereocenters. The average Bonchev–Trinajstić information content (AvgIpc) is 3.10. The van der Waals surface area contributed by atoms with Crippen molar-refractivity contribution in [3.05, 3.63) is 88.4 Å². The van der Waals surface area contributed by atoms with Gasteiger partial charge in [0.15, 0.2) is 6.04 Å². The molecule has 3 aromatic rings. The largest absolute Gasteiger partial charge is 0.496 e. The SMILES string of the molecule is COc1cccc(Cl)c1C(NC(=O)OCC1c2ccccc2-c2ccccc21)C(=O)O. The molecule has 1 unspecified atom stereocenters. The Bertz CT molecular complexity index is 1100. The summed E-state index contributed by atoms with van der Waals surface area (Å²) >= 11 is 6.19. The van der Waals surface area contributed by atoms with Crippen LogP contribution in [0, 0.1) is 0 Å². The highest BCUT2D eigenvalue weighted by atomic mass is 35.5. The fourth-order valence-corrected chi connectivity index (χ4v) is 4.27. The summed E-state index contributed by atoms with van der Waals surface area (Å²) in [6.45, 7) is 0.0753. The molecule has 7 heteroatoms. The van der Waals surface area contributed by atoms with Crippen LogP contribution in [0.4, 0.5) is 4.79 Å². The van der Waals surface area contributed by atoms with E-state index in [4.69, 9.17) is 21.1 Å². The maximum Gasteiger partial charge on any atom is 0.408 e. The normalized spacial score (nSPS) is 13.1. The Morgan fingerprint density at radius 3 is 2.19 bits per heavy atom. The molecule has 158 valence electrons. The molecule has 31 heavy (non-hydrogen) atoms. The Hall–Kier alpha value is -3.51. The zero-order valence-electron chi connectivity index (χ0n) is 16.7. The van der Waals surface area contributed by atoms with E-state index in [1.54, 1.807) is 12.1 Å². The van der Waals surface area contributed by atoms with Crippen LogP contribution in [0.2, 0.25) is 5.02 Å². The van der Waals surface area contributed by atoms with Crippen molar-refractivity contribution < 1.29 is 24.2 Å². The van der Waals surface area contributed by atoms with Gasteiger partial charge in [0.05, 0.1) is 12.1 Å². The van der Waals surface area contributed by atoms with Crippen molar-refractivity contribution in [3.63, 3.8) is 0 Å². The van der Waals surface area contributed by atoms with Gasteiger partial charge in [-0.25, -0.2) is 9.59 Å². The van der Waals surface area contributed by atoms with Crippen LogP contribution >= 0.6 is 11.6 Å². The number of aliphatic carboxylic acids is 1. The molecule has 0 heterocycles. The summed E-state index contributed by atoms with van der Waals surface area (Å²) in [6, 6.07) is 19.3. The van der Waals surface area contributed by atoms with E-state index >= 15 is 0 Å². The van der Waals surface area contributed by atoms with Gasteiger partial charge < -0.3 is 19.9 Å². The summed E-state index contributed by atoms with van der Waals surface area (Å²) in [5, 5.41) is 12.2. The van der Waals surface area contributed by atoms with Gasteiger partial charge in [0.25, 0.3) is 0 Å². The third kappa shape index (κ3) is 3.94. The predicted molar refractivity (Wildman–Crippen MR) is 117 cm³/mol. The van der Waals surface area contributed by atoms with E-state index in [-0.39, 0.29) is 28.9 Å². The number of fused-ring (bicyclic) bond motifs is 3. The zero-order valence-corrected chi connectivity index (χ0v) is 17.4. The fourth-order valence-electron chi connectivity index (χ4n) is 3.99. The second-order valence-corrected chi connectivity index (χ2v) is 7.50. The minimum absolute atomic E-state index is 0.0753. The molecule has 0 saturated carbocycles. The summed E-state index contributed by atoms with van der Waals surface area (Å²) < 4.78 is 10.7. The van der Waals surface area contributed by atoms with Crippen molar-refractivity contribution >= 4 is 23.7 Å². The first-order valence-electron chi connectivity index (χ1n) is 9.68. The number of carboxylic acids is 1. The molecule has 4 rings (SSSR count). The van der Waals surface area contributed by atoms with E-state index < -0.39 is 18.1 Å². The number of carbonyl (C=O) groups excluding carboxylic acids is 1. The van der Waals surface area contributed by atoms with Crippen LogP contribution in [0.5, 0.6) is 5.75 Å². The summed E-state index contributed by atoms with van der Waals surface area (Å²) in [6.07, 6.45) is -0.851. The number of nitrogens with one attached hydrogen (secondary N) is 1. The first-order chi connectivity index (χ1) is 15.0. The number of carbonyl (C=O) groups is 2. The van der Waals surface area contributed by atoms with Crippen molar-refractivity contribution in [3.8, 4) is 16.9 Å². The molecule has 0 spiro atoms. The smallest absolute Gasteiger partial charge is 0.408 e. The Morgan fingerprint density at radius 2 is 1.61 bits per heavy atom. The van der Waals surface area contributed by atoms with E-state index in [0.717, 1.165) is 22.3 Å². The highest BCUT2D eigenvalue weighted by molar-refractivity contribution is 6.31. The van der Waals surface area contributed by atoms with Crippen LogP contribution in [0.25, 0.3) is 11.1 Å². The first-order valence-corrected chi connectivity index (χ1v) is 10.1. The van der Waals surface area contributed by atoms with E-state index in [9.17, 15) is 14.7 Å². The molecule has 0 fully saturated rings. The fraction of sp³-hybridized carbons (Fsp3) is 0.167. The highest BCUT2D eigenvalue weighted by Gasteiger charge is 2.31. The topological polar surface area (TPSA) is 84.9 Å². The van der Waals surface area contributed by atoms with Crippen LogP contribution in [-0.4, -0.2) is 30.9 Å². The van der Waals surface area contributed by atoms with Crippen molar-refractivity contribution in [2.24, 2.45) is 0 Å². The van der Waals surface area contributed by atoms with Gasteiger partial charge in [-0.1, -0.05) is 66.2 Å². The first kappa shape index (κ1) is 20.8. The molecule has 0 saturated heterocycles. The number of rotatable bonds is 6. The Morgan fingerprint density at radius 1 is 1.00 bits per heavy atom. The van der Waals surface area contributed by atoms with E-state index in [2.05, 4.69) is 5.32 Å². The van der Waals surface area contributed by atoms with Gasteiger partial charge in [-0.15, -0.1) is 0 Å². The molecular formula is C24H20ClNO5. The average molecular weight is 438 g/mol. The minimum atomic E-state index is -1.42. The number of ether oxygens (including phenoxy) is 2. The van der Waals surface area contributed by atoms with Crippen molar-refractivity contribution in [2.45, 2.75) is 12.0 Å². The molecule has 2 N–H and O–H groups in total. The standard InChI is InChI=1S/C24H20ClNO5/c1-30-20-12-6-11-19(25)21(20)22(23(27)28)26-24(29)31-13-18-16-9-4-2-7-14(16)15-8-3-5-10-17(15)18/h2-12,18,22H,13H2,1H3,(H,26,29)(H,27,28). The third-order valence-corrected chi connectivity index (χ3v) is 5.70. The molecule has 1 amide bonds. The zero-order chi connectivity index (χ0) is 22.0. The van der Waals surface area contributed by atoms with E-state index in [0.29, 0.717) is 0 Å². The highest BCUT2D eigenvalue weighted by Crippen LogP contribution is 2.44. The van der Waals surface area contributed by atoms with Crippen molar-refractivity contribution in [2.75, 3.05) is 13.7 Å². The second-order valence-electron chi connectivity index (χ2n) is 7.10. The minimum Gasteiger partial charge on any atom is -0.496 e. The number of halogens is 1. The molecule has 0 aromatic heterocycles. The van der Waals surface area contributed by atoms with Crippen LogP contribution < -0.4 is 10.1 Å². The van der Waals surface area contributed by atoms with Crippen molar-refractivity contribution in [1.29, 1.82) is 0 Å². The lowest BCUT2D eigenvalue weighted by molar-refractivity contribution is -0.139. The molecular weight excluding hydrogens is 418 g/mol. The third-order valence-electron chi connectivity index (χ3n) is 5.37. The number of amides is 1. The number of hydrogen-bond donors (Lipinski definition) is 2. The van der Waals surface area contributed by atoms with Crippen LogP contribution in [-0.2, 0) is 9.53 Å². The summed E-state index contributed by atoms with van der Waals surface area (Å²) in [5.41, 5.74) is 4.51. The number of alkyl carbamates (subject to hydrolysis) is 1. The second kappa shape index (κ2) is 8.70. The molecule has 0 radical (unpaired) electrons. The van der Waals surface area contributed by atoms with Gasteiger partial charge in [0.1, 0.15) is 12.4 Å². The number of hydrogen-bond acceptors (Lipinski definition) is 4. The van der Waals surface area contributed by atoms with Gasteiger partial charge in [-0.3, -0.25) is 0 Å². The van der Waals surface area contributed by atoms with Gasteiger partial charge >= 0.3 is 12.1 Å². The maximum atomic E-state index is 12.5. The summed E-state index contributed by atoms with van der Waals surface area (Å²) in [5.74, 6) is -1.14. The van der Waals surface area contributed by atoms with Gasteiger partial charge in [-0.2, -0.15) is 0 Å².